The van der Waals surface area contributed by atoms with Crippen LogP contribution in [0.4, 0.5) is 4.79 Å². The summed E-state index contributed by atoms with van der Waals surface area (Å²) in [5, 5.41) is 22.0. The van der Waals surface area contributed by atoms with Crippen molar-refractivity contribution in [3.63, 3.8) is 0 Å². The highest BCUT2D eigenvalue weighted by atomic mass is 16.4. The lowest BCUT2D eigenvalue weighted by Gasteiger charge is -2.36. The second-order valence-electron chi connectivity index (χ2n) is 6.66. The molecule has 6 heteroatoms. The molecule has 0 radical (unpaired) electrons. The minimum absolute atomic E-state index is 0.0353. The van der Waals surface area contributed by atoms with E-state index < -0.39 is 11.6 Å². The van der Waals surface area contributed by atoms with Crippen molar-refractivity contribution < 1.29 is 19.8 Å². The standard InChI is InChI=1S/C15H26N2O4/c1-15(21)6-8-17(9-7-15)14(20)16-10-11-4-2-3-5-12(11)13(18)19/h11-12,21H,2-10H2,1H3,(H,16,20)(H,18,19). The fourth-order valence-electron chi connectivity index (χ4n) is 3.30. The summed E-state index contributed by atoms with van der Waals surface area (Å²) in [6.07, 6.45) is 4.75. The number of carbonyl (C=O) groups is 2. The normalized spacial score (nSPS) is 29.0. The fraction of sp³-hybridized carbons (Fsp3) is 0.867. The number of piperidine rings is 1. The lowest BCUT2D eigenvalue weighted by molar-refractivity contribution is -0.144. The van der Waals surface area contributed by atoms with E-state index in [2.05, 4.69) is 5.32 Å². The van der Waals surface area contributed by atoms with E-state index in [-0.39, 0.29) is 17.9 Å². The third-order valence-electron chi connectivity index (χ3n) is 4.87. The van der Waals surface area contributed by atoms with Gasteiger partial charge in [-0.2, -0.15) is 0 Å². The molecule has 21 heavy (non-hydrogen) atoms. The van der Waals surface area contributed by atoms with Gasteiger partial charge < -0.3 is 20.4 Å². The van der Waals surface area contributed by atoms with Crippen molar-refractivity contribution in [1.29, 1.82) is 0 Å². The Hall–Kier alpha value is -1.30. The van der Waals surface area contributed by atoms with Crippen LogP contribution in [0.25, 0.3) is 0 Å². The first-order valence-corrected chi connectivity index (χ1v) is 7.87. The molecule has 2 rings (SSSR count). The molecule has 1 heterocycles. The van der Waals surface area contributed by atoms with Gasteiger partial charge in [-0.1, -0.05) is 12.8 Å². The highest BCUT2D eigenvalue weighted by Gasteiger charge is 2.32. The molecule has 1 aliphatic carbocycles. The van der Waals surface area contributed by atoms with Gasteiger partial charge in [0.25, 0.3) is 0 Å². The first kappa shape index (κ1) is 16.1. The van der Waals surface area contributed by atoms with Crippen LogP contribution < -0.4 is 5.32 Å². The Bertz CT molecular complexity index is 387. The Morgan fingerprint density at radius 1 is 1.24 bits per heavy atom. The molecule has 0 bridgehead atoms. The number of urea groups is 1. The number of carboxylic acids is 1. The predicted octanol–water partition coefficient (Wildman–Crippen LogP) is 1.43. The van der Waals surface area contributed by atoms with Crippen LogP contribution in [0, 0.1) is 11.8 Å². The number of likely N-dealkylation sites (tertiary alicyclic amines) is 1. The smallest absolute Gasteiger partial charge is 0.317 e. The summed E-state index contributed by atoms with van der Waals surface area (Å²) in [6.45, 7) is 3.32. The number of nitrogens with zero attached hydrogens (tertiary/aromatic N) is 1. The molecule has 2 atom stereocenters. The SMILES string of the molecule is CC1(O)CCN(C(=O)NCC2CCCCC2C(=O)O)CC1. The molecular weight excluding hydrogens is 272 g/mol. The van der Waals surface area contributed by atoms with Crippen LogP contribution in [0.15, 0.2) is 0 Å². The van der Waals surface area contributed by atoms with Crippen molar-refractivity contribution >= 4 is 12.0 Å². The van der Waals surface area contributed by atoms with Crippen LogP contribution in [0.5, 0.6) is 0 Å². The zero-order chi connectivity index (χ0) is 15.5. The Morgan fingerprint density at radius 2 is 1.86 bits per heavy atom. The molecule has 3 N–H and O–H groups in total. The summed E-state index contributed by atoms with van der Waals surface area (Å²) in [7, 11) is 0. The number of carbonyl (C=O) groups excluding carboxylic acids is 1. The van der Waals surface area contributed by atoms with Gasteiger partial charge in [-0.05, 0) is 38.5 Å². The zero-order valence-corrected chi connectivity index (χ0v) is 12.7. The second-order valence-corrected chi connectivity index (χ2v) is 6.66. The van der Waals surface area contributed by atoms with Gasteiger partial charge in [-0.15, -0.1) is 0 Å². The number of amides is 2. The van der Waals surface area contributed by atoms with Crippen molar-refractivity contribution in [2.75, 3.05) is 19.6 Å². The molecule has 2 amide bonds. The summed E-state index contributed by atoms with van der Waals surface area (Å²) in [6, 6.07) is -0.139. The molecule has 2 fully saturated rings. The Labute approximate surface area is 125 Å². The molecule has 6 nitrogen and oxygen atoms in total. The van der Waals surface area contributed by atoms with E-state index in [4.69, 9.17) is 0 Å². The van der Waals surface area contributed by atoms with Crippen LogP contribution >= 0.6 is 0 Å². The van der Waals surface area contributed by atoms with Gasteiger partial charge in [0, 0.05) is 19.6 Å². The number of rotatable bonds is 3. The van der Waals surface area contributed by atoms with Crippen LogP contribution in [-0.4, -0.2) is 52.3 Å². The highest BCUT2D eigenvalue weighted by molar-refractivity contribution is 5.74. The maximum Gasteiger partial charge on any atom is 0.317 e. The number of aliphatic hydroxyl groups is 1. The number of nitrogens with one attached hydrogen (secondary N) is 1. The molecule has 2 aliphatic rings. The van der Waals surface area contributed by atoms with Crippen molar-refractivity contribution in [1.82, 2.24) is 10.2 Å². The second kappa shape index (κ2) is 6.64. The molecular formula is C15H26N2O4. The van der Waals surface area contributed by atoms with Gasteiger partial charge in [-0.3, -0.25) is 4.79 Å². The summed E-state index contributed by atoms with van der Waals surface area (Å²) >= 11 is 0. The largest absolute Gasteiger partial charge is 0.481 e. The van der Waals surface area contributed by atoms with E-state index in [0.717, 1.165) is 19.3 Å². The number of aliphatic carboxylic acids is 1. The van der Waals surface area contributed by atoms with Crippen LogP contribution in [-0.2, 0) is 4.79 Å². The highest BCUT2D eigenvalue weighted by Crippen LogP contribution is 2.30. The van der Waals surface area contributed by atoms with E-state index in [1.807, 2.05) is 0 Å². The van der Waals surface area contributed by atoms with E-state index in [1.165, 1.54) is 0 Å². The monoisotopic (exact) mass is 298 g/mol. The molecule has 0 aromatic carbocycles. The topological polar surface area (TPSA) is 89.9 Å². The van der Waals surface area contributed by atoms with Crippen LogP contribution in [0.3, 0.4) is 0 Å². The molecule has 2 unspecified atom stereocenters. The van der Waals surface area contributed by atoms with Crippen molar-refractivity contribution in [2.45, 2.75) is 51.0 Å². The Kier molecular flexibility index (Phi) is 5.08. The van der Waals surface area contributed by atoms with Crippen LogP contribution in [0.1, 0.15) is 45.4 Å². The first-order valence-electron chi connectivity index (χ1n) is 7.87. The van der Waals surface area contributed by atoms with E-state index in [0.29, 0.717) is 38.9 Å². The maximum atomic E-state index is 12.1. The molecule has 1 saturated heterocycles. The van der Waals surface area contributed by atoms with Gasteiger partial charge >= 0.3 is 12.0 Å². The van der Waals surface area contributed by atoms with E-state index in [9.17, 15) is 19.8 Å². The molecule has 120 valence electrons. The summed E-state index contributed by atoms with van der Waals surface area (Å²) in [4.78, 5) is 25.1. The summed E-state index contributed by atoms with van der Waals surface area (Å²) in [5.74, 6) is -1.04. The Balaban J connectivity index is 1.79. The fourth-order valence-corrected chi connectivity index (χ4v) is 3.30. The van der Waals surface area contributed by atoms with Crippen molar-refractivity contribution in [3.8, 4) is 0 Å². The van der Waals surface area contributed by atoms with Gasteiger partial charge in [0.1, 0.15) is 0 Å². The number of hydrogen-bond donors (Lipinski definition) is 3. The third-order valence-corrected chi connectivity index (χ3v) is 4.87. The van der Waals surface area contributed by atoms with Crippen molar-refractivity contribution in [3.05, 3.63) is 0 Å². The maximum absolute atomic E-state index is 12.1. The Morgan fingerprint density at radius 3 is 2.48 bits per heavy atom. The molecule has 1 aliphatic heterocycles. The molecule has 0 spiro atoms. The molecule has 0 aromatic heterocycles. The molecule has 0 aromatic rings. The van der Waals surface area contributed by atoms with Crippen molar-refractivity contribution in [2.24, 2.45) is 11.8 Å². The minimum Gasteiger partial charge on any atom is -0.481 e. The van der Waals surface area contributed by atoms with Gasteiger partial charge in [0.05, 0.1) is 11.5 Å². The van der Waals surface area contributed by atoms with E-state index in [1.54, 1.807) is 11.8 Å². The predicted molar refractivity (Wildman–Crippen MR) is 77.9 cm³/mol. The first-order chi connectivity index (χ1) is 9.89. The average Bonchev–Trinajstić information content (AvgIpc) is 2.45. The van der Waals surface area contributed by atoms with Gasteiger partial charge in [0.2, 0.25) is 0 Å². The summed E-state index contributed by atoms with van der Waals surface area (Å²) in [5.41, 5.74) is -0.672. The van der Waals surface area contributed by atoms with Crippen LogP contribution in [0.2, 0.25) is 0 Å². The van der Waals surface area contributed by atoms with Gasteiger partial charge in [-0.25, -0.2) is 4.79 Å². The third kappa shape index (κ3) is 4.33. The molecule has 1 saturated carbocycles. The van der Waals surface area contributed by atoms with E-state index >= 15 is 0 Å². The quantitative estimate of drug-likeness (QED) is 0.735. The van der Waals surface area contributed by atoms with Gasteiger partial charge in [0.15, 0.2) is 0 Å². The number of carboxylic acid groups (broad SMARTS) is 1. The zero-order valence-electron chi connectivity index (χ0n) is 12.7. The lowest BCUT2D eigenvalue weighted by Crippen LogP contribution is -2.50. The summed E-state index contributed by atoms with van der Waals surface area (Å²) < 4.78 is 0. The average molecular weight is 298 g/mol. The lowest BCUT2D eigenvalue weighted by atomic mass is 9.79. The minimum atomic E-state index is -0.747. The number of hydrogen-bond acceptors (Lipinski definition) is 3.